The molecule has 3 nitrogen and oxygen atoms in total. The second-order valence-corrected chi connectivity index (χ2v) is 9.06. The Hall–Kier alpha value is -0.570. The topological polar surface area (TPSA) is 40.5 Å². The molecule has 0 spiro atoms. The van der Waals surface area contributed by atoms with Crippen LogP contribution in [-0.4, -0.2) is 35.6 Å². The molecule has 4 aliphatic carbocycles. The SMILES string of the molecule is CC1(C(=O)O)CCN(CCC23CC4CC(CC(C4)C2)C3)C1. The zero-order valence-electron chi connectivity index (χ0n) is 13.3. The number of rotatable bonds is 4. The number of carboxylic acids is 1. The average Bonchev–Trinajstić information content (AvgIpc) is 2.78. The van der Waals surface area contributed by atoms with Gasteiger partial charge >= 0.3 is 5.97 Å². The Morgan fingerprint density at radius 2 is 1.71 bits per heavy atom. The first kappa shape index (κ1) is 14.0. The largest absolute Gasteiger partial charge is 0.481 e. The second-order valence-electron chi connectivity index (χ2n) is 9.06. The third kappa shape index (κ3) is 2.42. The average molecular weight is 291 g/mol. The van der Waals surface area contributed by atoms with E-state index in [0.717, 1.165) is 43.8 Å². The van der Waals surface area contributed by atoms with Crippen molar-refractivity contribution in [2.45, 2.75) is 58.3 Å². The first-order chi connectivity index (χ1) is 9.96. The monoisotopic (exact) mass is 291 g/mol. The molecule has 21 heavy (non-hydrogen) atoms. The first-order valence-corrected chi connectivity index (χ1v) is 8.92. The van der Waals surface area contributed by atoms with Gasteiger partial charge in [-0.15, -0.1) is 0 Å². The zero-order chi connectivity index (χ0) is 14.7. The van der Waals surface area contributed by atoms with Crippen molar-refractivity contribution >= 4 is 5.97 Å². The molecule has 0 amide bonds. The maximum absolute atomic E-state index is 11.4. The molecular formula is C18H29NO2. The molecule has 0 aromatic rings. The molecule has 0 aromatic carbocycles. The summed E-state index contributed by atoms with van der Waals surface area (Å²) in [5, 5.41) is 9.36. The van der Waals surface area contributed by atoms with Crippen LogP contribution in [0.5, 0.6) is 0 Å². The summed E-state index contributed by atoms with van der Waals surface area (Å²) in [7, 11) is 0. The summed E-state index contributed by atoms with van der Waals surface area (Å²) in [5.74, 6) is 2.47. The molecule has 118 valence electrons. The van der Waals surface area contributed by atoms with Crippen LogP contribution in [-0.2, 0) is 4.79 Å². The van der Waals surface area contributed by atoms with E-state index in [1.54, 1.807) is 0 Å². The summed E-state index contributed by atoms with van der Waals surface area (Å²) in [6.07, 6.45) is 11.1. The van der Waals surface area contributed by atoms with Gasteiger partial charge in [0.1, 0.15) is 0 Å². The number of aliphatic carboxylic acids is 1. The predicted molar refractivity (Wildman–Crippen MR) is 82.0 cm³/mol. The molecule has 3 heteroatoms. The van der Waals surface area contributed by atoms with Crippen molar-refractivity contribution in [3.8, 4) is 0 Å². The van der Waals surface area contributed by atoms with E-state index >= 15 is 0 Å². The molecule has 5 fully saturated rings. The predicted octanol–water partition coefficient (Wildman–Crippen LogP) is 3.39. The Kier molecular flexibility index (Phi) is 3.15. The van der Waals surface area contributed by atoms with Crippen molar-refractivity contribution in [3.63, 3.8) is 0 Å². The minimum Gasteiger partial charge on any atom is -0.481 e. The van der Waals surface area contributed by atoms with E-state index in [-0.39, 0.29) is 0 Å². The van der Waals surface area contributed by atoms with Gasteiger partial charge in [0, 0.05) is 6.54 Å². The molecule has 1 heterocycles. The molecule has 0 aromatic heterocycles. The zero-order valence-corrected chi connectivity index (χ0v) is 13.3. The molecule has 5 rings (SSSR count). The van der Waals surface area contributed by atoms with Crippen molar-refractivity contribution in [2.24, 2.45) is 28.6 Å². The van der Waals surface area contributed by atoms with E-state index in [9.17, 15) is 9.90 Å². The minimum absolute atomic E-state index is 0.499. The van der Waals surface area contributed by atoms with Crippen molar-refractivity contribution in [1.29, 1.82) is 0 Å². The fraction of sp³-hybridized carbons (Fsp3) is 0.944. The molecule has 1 N–H and O–H groups in total. The van der Waals surface area contributed by atoms with Gasteiger partial charge < -0.3 is 10.0 Å². The normalized spacial score (nSPS) is 48.9. The van der Waals surface area contributed by atoms with Crippen LogP contribution in [0.15, 0.2) is 0 Å². The van der Waals surface area contributed by atoms with Gasteiger partial charge in [0.15, 0.2) is 0 Å². The van der Waals surface area contributed by atoms with E-state index in [0.29, 0.717) is 5.41 Å². The van der Waals surface area contributed by atoms with Gasteiger partial charge in [-0.3, -0.25) is 4.79 Å². The summed E-state index contributed by atoms with van der Waals surface area (Å²) in [5.41, 5.74) is 0.137. The molecule has 4 bridgehead atoms. The number of carboxylic acid groups (broad SMARTS) is 1. The Bertz CT molecular complexity index is 411. The Balaban J connectivity index is 1.36. The Morgan fingerprint density at radius 3 is 2.19 bits per heavy atom. The van der Waals surface area contributed by atoms with E-state index in [1.165, 1.54) is 44.9 Å². The molecule has 5 aliphatic rings. The van der Waals surface area contributed by atoms with Crippen molar-refractivity contribution in [1.82, 2.24) is 4.90 Å². The fourth-order valence-electron chi connectivity index (χ4n) is 6.41. The summed E-state index contributed by atoms with van der Waals surface area (Å²) in [4.78, 5) is 13.8. The molecule has 1 aliphatic heterocycles. The number of carbonyl (C=O) groups is 1. The minimum atomic E-state index is -0.611. The first-order valence-electron chi connectivity index (χ1n) is 8.92. The quantitative estimate of drug-likeness (QED) is 0.863. The van der Waals surface area contributed by atoms with Crippen molar-refractivity contribution in [2.75, 3.05) is 19.6 Å². The summed E-state index contributed by atoms with van der Waals surface area (Å²) >= 11 is 0. The number of hydrogen-bond acceptors (Lipinski definition) is 2. The van der Waals surface area contributed by atoms with Crippen LogP contribution in [0.3, 0.4) is 0 Å². The third-order valence-corrected chi connectivity index (χ3v) is 7.19. The van der Waals surface area contributed by atoms with Crippen LogP contribution in [0.2, 0.25) is 0 Å². The highest BCUT2D eigenvalue weighted by Gasteiger charge is 2.51. The van der Waals surface area contributed by atoms with Gasteiger partial charge in [0.25, 0.3) is 0 Å². The number of nitrogens with zero attached hydrogens (tertiary/aromatic N) is 1. The molecule has 4 saturated carbocycles. The third-order valence-electron chi connectivity index (χ3n) is 7.19. The highest BCUT2D eigenvalue weighted by molar-refractivity contribution is 5.74. The molecular weight excluding hydrogens is 262 g/mol. The lowest BCUT2D eigenvalue weighted by Gasteiger charge is -2.57. The molecule has 1 atom stereocenters. The van der Waals surface area contributed by atoms with E-state index in [1.807, 2.05) is 6.92 Å². The highest BCUT2D eigenvalue weighted by Crippen LogP contribution is 2.61. The van der Waals surface area contributed by atoms with Crippen LogP contribution in [0.25, 0.3) is 0 Å². The smallest absolute Gasteiger partial charge is 0.310 e. The summed E-state index contributed by atoms with van der Waals surface area (Å²) < 4.78 is 0. The van der Waals surface area contributed by atoms with E-state index < -0.39 is 11.4 Å². The second kappa shape index (κ2) is 4.71. The van der Waals surface area contributed by atoms with E-state index in [4.69, 9.17) is 0 Å². The van der Waals surface area contributed by atoms with Crippen LogP contribution in [0.4, 0.5) is 0 Å². The van der Waals surface area contributed by atoms with Crippen LogP contribution >= 0.6 is 0 Å². The fourth-order valence-corrected chi connectivity index (χ4v) is 6.41. The highest BCUT2D eigenvalue weighted by atomic mass is 16.4. The van der Waals surface area contributed by atoms with Gasteiger partial charge in [-0.05, 0) is 94.5 Å². The number of likely N-dealkylation sites (tertiary alicyclic amines) is 1. The summed E-state index contributed by atoms with van der Waals surface area (Å²) in [6, 6.07) is 0. The Morgan fingerprint density at radius 1 is 1.14 bits per heavy atom. The van der Waals surface area contributed by atoms with Crippen LogP contribution in [0.1, 0.15) is 58.3 Å². The molecule has 0 radical (unpaired) electrons. The molecule has 1 saturated heterocycles. The summed E-state index contributed by atoms with van der Waals surface area (Å²) in [6.45, 7) is 4.79. The van der Waals surface area contributed by atoms with Crippen molar-refractivity contribution < 1.29 is 9.90 Å². The van der Waals surface area contributed by atoms with Crippen LogP contribution < -0.4 is 0 Å². The van der Waals surface area contributed by atoms with Gasteiger partial charge in [-0.2, -0.15) is 0 Å². The van der Waals surface area contributed by atoms with Gasteiger partial charge in [0.05, 0.1) is 5.41 Å². The van der Waals surface area contributed by atoms with Gasteiger partial charge in [-0.25, -0.2) is 0 Å². The van der Waals surface area contributed by atoms with E-state index in [2.05, 4.69) is 4.90 Å². The maximum atomic E-state index is 11.4. The van der Waals surface area contributed by atoms with Crippen LogP contribution in [0, 0.1) is 28.6 Å². The van der Waals surface area contributed by atoms with Crippen molar-refractivity contribution in [3.05, 3.63) is 0 Å². The standard InChI is InChI=1S/C18H29NO2/c1-17(16(20)21)2-4-19(12-17)5-3-18-9-13-6-14(10-18)8-15(7-13)11-18/h13-15H,2-12H2,1H3,(H,20,21). The van der Waals surface area contributed by atoms with Gasteiger partial charge in [-0.1, -0.05) is 0 Å². The lowest BCUT2D eigenvalue weighted by molar-refractivity contribution is -0.147. The molecule has 1 unspecified atom stereocenters. The lowest BCUT2D eigenvalue weighted by atomic mass is 9.49. The lowest BCUT2D eigenvalue weighted by Crippen LogP contribution is -2.47. The Labute approximate surface area is 128 Å². The maximum Gasteiger partial charge on any atom is 0.310 e. The van der Waals surface area contributed by atoms with Gasteiger partial charge in [0.2, 0.25) is 0 Å². The number of hydrogen-bond donors (Lipinski definition) is 1.